The molecule has 1 aromatic rings. The van der Waals surface area contributed by atoms with Gasteiger partial charge in [-0.25, -0.2) is 0 Å². The molecule has 0 spiro atoms. The van der Waals surface area contributed by atoms with Crippen molar-refractivity contribution in [2.24, 2.45) is 5.73 Å². The highest BCUT2D eigenvalue weighted by molar-refractivity contribution is 6.30. The molecular weight excluding hydrogens is 262 g/mol. The maximum atomic E-state index is 12.1. The van der Waals surface area contributed by atoms with Gasteiger partial charge in [-0.2, -0.15) is 0 Å². The highest BCUT2D eigenvalue weighted by Gasteiger charge is 2.17. The minimum atomic E-state index is -0.485. The molecule has 5 heteroatoms. The van der Waals surface area contributed by atoms with E-state index >= 15 is 0 Å². The van der Waals surface area contributed by atoms with Crippen LogP contribution >= 0.6 is 11.6 Å². The quantitative estimate of drug-likeness (QED) is 0.862. The number of halogens is 1. The first-order valence-electron chi connectivity index (χ1n) is 6.33. The predicted molar refractivity (Wildman–Crippen MR) is 79.1 cm³/mol. The lowest BCUT2D eigenvalue weighted by Crippen LogP contribution is -2.44. The molecule has 4 nitrogen and oxygen atoms in total. The lowest BCUT2D eigenvalue weighted by molar-refractivity contribution is -0.133. The van der Waals surface area contributed by atoms with Crippen molar-refractivity contribution >= 4 is 17.5 Å². The smallest absolute Gasteiger partial charge is 0.239 e. The third-order valence-electron chi connectivity index (χ3n) is 2.78. The van der Waals surface area contributed by atoms with Crippen LogP contribution in [0.1, 0.15) is 12.5 Å². The van der Waals surface area contributed by atoms with Gasteiger partial charge in [0.05, 0.1) is 6.04 Å². The van der Waals surface area contributed by atoms with Gasteiger partial charge in [0, 0.05) is 24.7 Å². The SMILES string of the molecule is CC(N)C(=O)N(CCN(C)C)Cc1cccc(Cl)c1. The molecule has 0 aromatic heterocycles. The van der Waals surface area contributed by atoms with Crippen LogP contribution in [0.4, 0.5) is 0 Å². The summed E-state index contributed by atoms with van der Waals surface area (Å²) in [5, 5.41) is 0.679. The molecule has 0 aliphatic rings. The molecule has 0 aliphatic carbocycles. The molecule has 2 N–H and O–H groups in total. The molecule has 106 valence electrons. The average molecular weight is 284 g/mol. The lowest BCUT2D eigenvalue weighted by Gasteiger charge is -2.26. The third-order valence-corrected chi connectivity index (χ3v) is 3.02. The number of rotatable bonds is 6. The van der Waals surface area contributed by atoms with Crippen LogP contribution in [-0.4, -0.2) is 48.9 Å². The summed E-state index contributed by atoms with van der Waals surface area (Å²) in [6.07, 6.45) is 0. The Bertz CT molecular complexity index is 421. The summed E-state index contributed by atoms with van der Waals surface area (Å²) < 4.78 is 0. The Hall–Kier alpha value is -1.10. The van der Waals surface area contributed by atoms with Gasteiger partial charge in [-0.3, -0.25) is 4.79 Å². The van der Waals surface area contributed by atoms with Crippen molar-refractivity contribution in [1.82, 2.24) is 9.80 Å². The Balaban J connectivity index is 2.76. The number of nitrogens with zero attached hydrogens (tertiary/aromatic N) is 2. The topological polar surface area (TPSA) is 49.6 Å². The van der Waals surface area contributed by atoms with Gasteiger partial charge in [-0.15, -0.1) is 0 Å². The summed E-state index contributed by atoms with van der Waals surface area (Å²) in [5.41, 5.74) is 6.71. The molecule has 19 heavy (non-hydrogen) atoms. The summed E-state index contributed by atoms with van der Waals surface area (Å²) >= 11 is 5.96. The van der Waals surface area contributed by atoms with E-state index < -0.39 is 6.04 Å². The van der Waals surface area contributed by atoms with Crippen molar-refractivity contribution in [3.63, 3.8) is 0 Å². The summed E-state index contributed by atoms with van der Waals surface area (Å²) in [6.45, 7) is 3.71. The molecule has 1 atom stereocenters. The van der Waals surface area contributed by atoms with Crippen LogP contribution in [0.15, 0.2) is 24.3 Å². The standard InChI is InChI=1S/C14H22ClN3O/c1-11(16)14(19)18(8-7-17(2)3)10-12-5-4-6-13(15)9-12/h4-6,9,11H,7-8,10,16H2,1-3H3. The Morgan fingerprint density at radius 3 is 2.58 bits per heavy atom. The second-order valence-electron chi connectivity index (χ2n) is 4.98. The molecule has 0 bridgehead atoms. The highest BCUT2D eigenvalue weighted by Crippen LogP contribution is 2.13. The zero-order valence-corrected chi connectivity index (χ0v) is 12.5. The fourth-order valence-electron chi connectivity index (χ4n) is 1.73. The van der Waals surface area contributed by atoms with Crippen LogP contribution < -0.4 is 5.73 Å². The fraction of sp³-hybridized carbons (Fsp3) is 0.500. The minimum absolute atomic E-state index is 0.0400. The van der Waals surface area contributed by atoms with E-state index in [0.717, 1.165) is 12.1 Å². The zero-order chi connectivity index (χ0) is 14.4. The van der Waals surface area contributed by atoms with E-state index in [1.165, 1.54) is 0 Å². The van der Waals surface area contributed by atoms with E-state index in [1.54, 1.807) is 11.8 Å². The third kappa shape index (κ3) is 5.59. The second-order valence-corrected chi connectivity index (χ2v) is 5.42. The molecular formula is C14H22ClN3O. The number of carbonyl (C=O) groups is 1. The van der Waals surface area contributed by atoms with Crippen LogP contribution in [-0.2, 0) is 11.3 Å². The van der Waals surface area contributed by atoms with E-state index in [2.05, 4.69) is 0 Å². The van der Waals surface area contributed by atoms with Gasteiger partial charge < -0.3 is 15.5 Å². The number of likely N-dealkylation sites (N-methyl/N-ethyl adjacent to an activating group) is 1. The normalized spacial score (nSPS) is 12.5. The van der Waals surface area contributed by atoms with Gasteiger partial charge in [-0.05, 0) is 38.7 Å². The summed E-state index contributed by atoms with van der Waals surface area (Å²) in [4.78, 5) is 15.9. The summed E-state index contributed by atoms with van der Waals surface area (Å²) in [5.74, 6) is -0.0400. The Morgan fingerprint density at radius 1 is 1.37 bits per heavy atom. The van der Waals surface area contributed by atoms with Gasteiger partial charge in [0.15, 0.2) is 0 Å². The van der Waals surface area contributed by atoms with Crippen molar-refractivity contribution in [2.75, 3.05) is 27.2 Å². The van der Waals surface area contributed by atoms with Gasteiger partial charge in [-0.1, -0.05) is 23.7 Å². The molecule has 1 aromatic carbocycles. The van der Waals surface area contributed by atoms with Crippen molar-refractivity contribution in [3.8, 4) is 0 Å². The molecule has 0 saturated carbocycles. The maximum absolute atomic E-state index is 12.1. The zero-order valence-electron chi connectivity index (χ0n) is 11.8. The van der Waals surface area contributed by atoms with E-state index in [0.29, 0.717) is 18.1 Å². The number of carbonyl (C=O) groups excluding carboxylic acids is 1. The predicted octanol–water partition coefficient (Wildman–Crippen LogP) is 1.58. The van der Waals surface area contributed by atoms with Gasteiger partial charge in [0.2, 0.25) is 5.91 Å². The second kappa shape index (κ2) is 7.48. The highest BCUT2D eigenvalue weighted by atomic mass is 35.5. The van der Waals surface area contributed by atoms with Crippen molar-refractivity contribution in [1.29, 1.82) is 0 Å². The Kier molecular flexibility index (Phi) is 6.28. The van der Waals surface area contributed by atoms with Crippen LogP contribution in [0, 0.1) is 0 Å². The van der Waals surface area contributed by atoms with E-state index in [9.17, 15) is 4.79 Å². The largest absolute Gasteiger partial charge is 0.336 e. The van der Waals surface area contributed by atoms with E-state index in [4.69, 9.17) is 17.3 Å². The van der Waals surface area contributed by atoms with Crippen molar-refractivity contribution in [3.05, 3.63) is 34.9 Å². The first-order valence-corrected chi connectivity index (χ1v) is 6.71. The first-order chi connectivity index (χ1) is 8.90. The Labute approximate surface area is 120 Å². The maximum Gasteiger partial charge on any atom is 0.239 e. The van der Waals surface area contributed by atoms with Crippen LogP contribution in [0.5, 0.6) is 0 Å². The number of hydrogen-bond acceptors (Lipinski definition) is 3. The van der Waals surface area contributed by atoms with Crippen LogP contribution in [0.3, 0.4) is 0 Å². The molecule has 1 unspecified atom stereocenters. The fourth-order valence-corrected chi connectivity index (χ4v) is 1.94. The van der Waals surface area contributed by atoms with Crippen molar-refractivity contribution in [2.45, 2.75) is 19.5 Å². The number of amides is 1. The Morgan fingerprint density at radius 2 is 2.05 bits per heavy atom. The van der Waals surface area contributed by atoms with Gasteiger partial charge in [0.1, 0.15) is 0 Å². The molecule has 0 aliphatic heterocycles. The van der Waals surface area contributed by atoms with Gasteiger partial charge >= 0.3 is 0 Å². The number of nitrogens with two attached hydrogens (primary N) is 1. The average Bonchev–Trinajstić information content (AvgIpc) is 2.33. The molecule has 1 amide bonds. The van der Waals surface area contributed by atoms with Crippen LogP contribution in [0.2, 0.25) is 5.02 Å². The molecule has 0 heterocycles. The number of hydrogen-bond donors (Lipinski definition) is 1. The van der Waals surface area contributed by atoms with E-state index in [-0.39, 0.29) is 5.91 Å². The number of benzene rings is 1. The van der Waals surface area contributed by atoms with Crippen molar-refractivity contribution < 1.29 is 4.79 Å². The lowest BCUT2D eigenvalue weighted by atomic mass is 10.2. The van der Waals surface area contributed by atoms with E-state index in [1.807, 2.05) is 43.3 Å². The minimum Gasteiger partial charge on any atom is -0.336 e. The first kappa shape index (κ1) is 16.0. The van der Waals surface area contributed by atoms with Crippen LogP contribution in [0.25, 0.3) is 0 Å². The van der Waals surface area contributed by atoms with Gasteiger partial charge in [0.25, 0.3) is 0 Å². The monoisotopic (exact) mass is 283 g/mol. The molecule has 0 saturated heterocycles. The molecule has 1 rings (SSSR count). The molecule has 0 radical (unpaired) electrons. The summed E-state index contributed by atoms with van der Waals surface area (Å²) in [6, 6.07) is 7.06. The molecule has 0 fully saturated rings. The summed E-state index contributed by atoms with van der Waals surface area (Å²) in [7, 11) is 3.96.